The van der Waals surface area contributed by atoms with Crippen molar-refractivity contribution >= 4 is 5.91 Å². The van der Waals surface area contributed by atoms with Crippen LogP contribution in [0.5, 0.6) is 0 Å². The van der Waals surface area contributed by atoms with Crippen molar-refractivity contribution in [1.82, 2.24) is 4.90 Å². The molecule has 1 amide bonds. The Hall–Kier alpha value is -0.570. The van der Waals surface area contributed by atoms with Gasteiger partial charge in [-0.05, 0) is 32.1 Å². The largest absolute Gasteiger partial charge is 0.341 e. The number of carbonyl (C=O) groups is 1. The number of amides is 1. The van der Waals surface area contributed by atoms with E-state index < -0.39 is 0 Å². The monoisotopic (exact) mass is 226 g/mol. The van der Waals surface area contributed by atoms with Crippen molar-refractivity contribution in [2.75, 3.05) is 13.1 Å². The molecule has 0 bridgehead atoms. The third-order valence-electron chi connectivity index (χ3n) is 3.40. The van der Waals surface area contributed by atoms with E-state index in [9.17, 15) is 4.79 Å². The Kier molecular flexibility index (Phi) is 5.81. The molecule has 0 aromatic heterocycles. The quantitative estimate of drug-likeness (QED) is 0.781. The molecule has 1 fully saturated rings. The summed E-state index contributed by atoms with van der Waals surface area (Å²) in [6.07, 6.45) is 7.61. The van der Waals surface area contributed by atoms with Gasteiger partial charge in [-0.15, -0.1) is 0 Å². The molecule has 0 heterocycles. The number of nitrogens with zero attached hydrogens (tertiary/aromatic N) is 1. The van der Waals surface area contributed by atoms with Crippen LogP contribution >= 0.6 is 0 Å². The van der Waals surface area contributed by atoms with E-state index in [2.05, 4.69) is 6.92 Å². The molecule has 0 saturated heterocycles. The van der Waals surface area contributed by atoms with Gasteiger partial charge in [0.1, 0.15) is 0 Å². The van der Waals surface area contributed by atoms with Gasteiger partial charge in [0.05, 0.1) is 6.04 Å². The third-order valence-corrected chi connectivity index (χ3v) is 3.40. The molecule has 0 radical (unpaired) electrons. The van der Waals surface area contributed by atoms with Crippen LogP contribution in [0.1, 0.15) is 52.4 Å². The van der Waals surface area contributed by atoms with E-state index in [1.807, 2.05) is 4.90 Å². The van der Waals surface area contributed by atoms with Crippen molar-refractivity contribution in [3.63, 3.8) is 0 Å². The van der Waals surface area contributed by atoms with Crippen molar-refractivity contribution in [1.29, 1.82) is 0 Å². The minimum absolute atomic E-state index is 0.118. The highest BCUT2D eigenvalue weighted by atomic mass is 16.2. The van der Waals surface area contributed by atoms with E-state index in [0.717, 1.165) is 19.5 Å². The van der Waals surface area contributed by atoms with E-state index >= 15 is 0 Å². The molecule has 0 aromatic rings. The maximum atomic E-state index is 11.9. The molecule has 0 aliphatic heterocycles. The lowest BCUT2D eigenvalue weighted by atomic mass is 9.89. The lowest BCUT2D eigenvalue weighted by Gasteiger charge is -2.30. The van der Waals surface area contributed by atoms with Crippen LogP contribution in [0.2, 0.25) is 0 Å². The van der Waals surface area contributed by atoms with E-state index in [1.54, 1.807) is 6.92 Å². The van der Waals surface area contributed by atoms with Crippen molar-refractivity contribution in [2.24, 2.45) is 11.7 Å². The molecule has 1 rings (SSSR count). The Morgan fingerprint density at radius 2 is 2.00 bits per heavy atom. The standard InChI is InChI=1S/C13H26N2O/c1-3-9-15(13(16)11(2)14)10-12-7-5-4-6-8-12/h11-12H,3-10,14H2,1-2H3/t11-/m1/s1. The fourth-order valence-corrected chi connectivity index (χ4v) is 2.53. The number of hydrogen-bond acceptors (Lipinski definition) is 2. The van der Waals surface area contributed by atoms with Gasteiger partial charge in [-0.1, -0.05) is 26.2 Å². The first-order chi connectivity index (χ1) is 7.65. The maximum Gasteiger partial charge on any atom is 0.239 e. The molecule has 2 N–H and O–H groups in total. The van der Waals surface area contributed by atoms with Crippen molar-refractivity contribution in [3.05, 3.63) is 0 Å². The number of nitrogens with two attached hydrogens (primary N) is 1. The lowest BCUT2D eigenvalue weighted by Crippen LogP contribution is -2.44. The fraction of sp³-hybridized carbons (Fsp3) is 0.923. The highest BCUT2D eigenvalue weighted by Crippen LogP contribution is 2.24. The summed E-state index contributed by atoms with van der Waals surface area (Å²) in [5.41, 5.74) is 5.68. The van der Waals surface area contributed by atoms with Gasteiger partial charge >= 0.3 is 0 Å². The Bertz CT molecular complexity index is 210. The lowest BCUT2D eigenvalue weighted by molar-refractivity contribution is -0.133. The highest BCUT2D eigenvalue weighted by molar-refractivity contribution is 5.81. The molecule has 1 atom stereocenters. The minimum atomic E-state index is -0.352. The zero-order chi connectivity index (χ0) is 12.0. The molecule has 94 valence electrons. The van der Waals surface area contributed by atoms with Crippen LogP contribution in [0.25, 0.3) is 0 Å². The molecule has 1 aliphatic rings. The molecular formula is C13H26N2O. The van der Waals surface area contributed by atoms with E-state index in [1.165, 1.54) is 32.1 Å². The van der Waals surface area contributed by atoms with Crippen LogP contribution < -0.4 is 5.73 Å². The molecule has 0 spiro atoms. The van der Waals surface area contributed by atoms with Gasteiger partial charge in [0.2, 0.25) is 5.91 Å². The predicted octanol–water partition coefficient (Wildman–Crippen LogP) is 2.15. The zero-order valence-electron chi connectivity index (χ0n) is 10.7. The van der Waals surface area contributed by atoms with Crippen LogP contribution in [0.3, 0.4) is 0 Å². The minimum Gasteiger partial charge on any atom is -0.341 e. The van der Waals surface area contributed by atoms with E-state index in [-0.39, 0.29) is 11.9 Å². The molecular weight excluding hydrogens is 200 g/mol. The number of carbonyl (C=O) groups excluding carboxylic acids is 1. The fourth-order valence-electron chi connectivity index (χ4n) is 2.53. The second-order valence-electron chi connectivity index (χ2n) is 5.08. The van der Waals surface area contributed by atoms with Gasteiger partial charge in [0.15, 0.2) is 0 Å². The SMILES string of the molecule is CCCN(CC1CCCCC1)C(=O)[C@@H](C)N. The molecule has 3 heteroatoms. The summed E-state index contributed by atoms with van der Waals surface area (Å²) in [5, 5.41) is 0. The molecule has 0 aromatic carbocycles. The predicted molar refractivity (Wildman–Crippen MR) is 67.1 cm³/mol. The van der Waals surface area contributed by atoms with Gasteiger partial charge in [-0.3, -0.25) is 4.79 Å². The summed E-state index contributed by atoms with van der Waals surface area (Å²) in [6.45, 7) is 5.68. The summed E-state index contributed by atoms with van der Waals surface area (Å²) in [6, 6.07) is -0.352. The molecule has 3 nitrogen and oxygen atoms in total. The highest BCUT2D eigenvalue weighted by Gasteiger charge is 2.21. The summed E-state index contributed by atoms with van der Waals surface area (Å²) < 4.78 is 0. The van der Waals surface area contributed by atoms with Crippen LogP contribution in [0.15, 0.2) is 0 Å². The third kappa shape index (κ3) is 4.12. The summed E-state index contributed by atoms with van der Waals surface area (Å²) in [7, 11) is 0. The normalized spacial score (nSPS) is 19.4. The van der Waals surface area contributed by atoms with Gasteiger partial charge in [0.25, 0.3) is 0 Å². The molecule has 0 unspecified atom stereocenters. The van der Waals surface area contributed by atoms with E-state index in [4.69, 9.17) is 5.73 Å². The number of rotatable bonds is 5. The summed E-state index contributed by atoms with van der Waals surface area (Å²) in [5.74, 6) is 0.829. The van der Waals surface area contributed by atoms with Gasteiger partial charge in [-0.25, -0.2) is 0 Å². The summed E-state index contributed by atoms with van der Waals surface area (Å²) in [4.78, 5) is 13.9. The van der Waals surface area contributed by atoms with Gasteiger partial charge in [0, 0.05) is 13.1 Å². The number of hydrogen-bond donors (Lipinski definition) is 1. The summed E-state index contributed by atoms with van der Waals surface area (Å²) >= 11 is 0. The second-order valence-corrected chi connectivity index (χ2v) is 5.08. The Labute approximate surface area is 99.4 Å². The van der Waals surface area contributed by atoms with Crippen molar-refractivity contribution < 1.29 is 4.79 Å². The Balaban J connectivity index is 2.45. The molecule has 16 heavy (non-hydrogen) atoms. The average Bonchev–Trinajstić information content (AvgIpc) is 2.29. The first-order valence-electron chi connectivity index (χ1n) is 6.69. The van der Waals surface area contributed by atoms with E-state index in [0.29, 0.717) is 5.92 Å². The molecule has 1 saturated carbocycles. The first-order valence-corrected chi connectivity index (χ1v) is 6.69. The van der Waals surface area contributed by atoms with Crippen molar-refractivity contribution in [3.8, 4) is 0 Å². The smallest absolute Gasteiger partial charge is 0.239 e. The zero-order valence-corrected chi connectivity index (χ0v) is 10.7. The average molecular weight is 226 g/mol. The van der Waals surface area contributed by atoms with Crippen molar-refractivity contribution in [2.45, 2.75) is 58.4 Å². The van der Waals surface area contributed by atoms with Gasteiger partial charge < -0.3 is 10.6 Å². The van der Waals surface area contributed by atoms with Crippen LogP contribution in [-0.4, -0.2) is 29.9 Å². The van der Waals surface area contributed by atoms with Gasteiger partial charge in [-0.2, -0.15) is 0 Å². The Morgan fingerprint density at radius 3 is 2.50 bits per heavy atom. The van der Waals surface area contributed by atoms with Crippen LogP contribution in [0.4, 0.5) is 0 Å². The van der Waals surface area contributed by atoms with Crippen LogP contribution in [0, 0.1) is 5.92 Å². The Morgan fingerprint density at radius 1 is 1.38 bits per heavy atom. The maximum absolute atomic E-state index is 11.9. The first kappa shape index (κ1) is 13.5. The second kappa shape index (κ2) is 6.89. The van der Waals surface area contributed by atoms with Crippen LogP contribution in [-0.2, 0) is 4.79 Å². The molecule has 1 aliphatic carbocycles. The topological polar surface area (TPSA) is 46.3 Å².